The first-order chi connectivity index (χ1) is 19.4. The summed E-state index contributed by atoms with van der Waals surface area (Å²) in [6.07, 6.45) is -1.99. The topological polar surface area (TPSA) is 77.9 Å². The van der Waals surface area contributed by atoms with Crippen molar-refractivity contribution in [2.24, 2.45) is 11.8 Å². The van der Waals surface area contributed by atoms with Gasteiger partial charge in [-0.05, 0) is 84.2 Å². The molecule has 0 bridgehead atoms. The predicted molar refractivity (Wildman–Crippen MR) is 140 cm³/mol. The molecule has 10 heteroatoms. The van der Waals surface area contributed by atoms with Crippen molar-refractivity contribution in [3.05, 3.63) is 76.2 Å². The van der Waals surface area contributed by atoms with Crippen LogP contribution < -0.4 is 9.47 Å². The summed E-state index contributed by atoms with van der Waals surface area (Å²) in [5.74, 6) is 0.389. The van der Waals surface area contributed by atoms with E-state index in [0.717, 1.165) is 17.5 Å². The van der Waals surface area contributed by atoms with Crippen LogP contribution in [0.4, 0.5) is 17.6 Å². The molecule has 216 valence electrons. The third-order valence-corrected chi connectivity index (χ3v) is 8.39. The molecule has 1 saturated carbocycles. The van der Waals surface area contributed by atoms with Crippen LogP contribution >= 0.6 is 0 Å². The molecule has 3 aliphatic rings. The first kappa shape index (κ1) is 27.7. The van der Waals surface area contributed by atoms with Crippen molar-refractivity contribution in [2.75, 3.05) is 19.8 Å². The van der Waals surface area contributed by atoms with E-state index in [-0.39, 0.29) is 72.5 Å². The Labute approximate surface area is 234 Å². The van der Waals surface area contributed by atoms with Crippen LogP contribution in [0, 0.1) is 24.6 Å². The fourth-order valence-electron chi connectivity index (χ4n) is 6.11. The number of aryl methyl sites for hydroxylation is 1. The lowest BCUT2D eigenvalue weighted by molar-refractivity contribution is -0.184. The average Bonchev–Trinajstić information content (AvgIpc) is 3.49. The van der Waals surface area contributed by atoms with Gasteiger partial charge in [-0.1, -0.05) is 6.07 Å². The van der Waals surface area contributed by atoms with Gasteiger partial charge in [0.1, 0.15) is 29.6 Å². The van der Waals surface area contributed by atoms with E-state index in [1.54, 1.807) is 38.2 Å². The number of nitrogens with zero attached hydrogens (tertiary/aromatic N) is 1. The lowest BCUT2D eigenvalue weighted by atomic mass is 9.93. The molecule has 2 aromatic carbocycles. The van der Waals surface area contributed by atoms with E-state index in [0.29, 0.717) is 23.8 Å². The second kappa shape index (κ2) is 10.1. The van der Waals surface area contributed by atoms with Gasteiger partial charge in [0.15, 0.2) is 0 Å². The maximum Gasteiger partial charge on any atom is 0.417 e. The third-order valence-electron chi connectivity index (χ3n) is 8.39. The van der Waals surface area contributed by atoms with Crippen LogP contribution in [0.5, 0.6) is 11.6 Å². The van der Waals surface area contributed by atoms with Crippen LogP contribution in [0.2, 0.25) is 0 Å². The molecule has 6 nitrogen and oxygen atoms in total. The zero-order valence-corrected chi connectivity index (χ0v) is 22.6. The summed E-state index contributed by atoms with van der Waals surface area (Å²) in [7, 11) is 0. The van der Waals surface area contributed by atoms with E-state index in [1.165, 1.54) is 12.1 Å². The highest BCUT2D eigenvalue weighted by molar-refractivity contribution is 5.84. The number of fused-ring (bicyclic) bond motifs is 3. The number of ketones is 1. The number of hydrogen-bond acceptors (Lipinski definition) is 6. The monoisotopic (exact) mass is 571 g/mol. The van der Waals surface area contributed by atoms with E-state index < -0.39 is 23.2 Å². The van der Waals surface area contributed by atoms with Gasteiger partial charge in [-0.15, -0.1) is 0 Å². The number of halogens is 4. The van der Waals surface area contributed by atoms with Gasteiger partial charge in [0, 0.05) is 30.2 Å². The highest BCUT2D eigenvalue weighted by atomic mass is 19.4. The Morgan fingerprint density at radius 3 is 2.59 bits per heavy atom. The molecule has 0 spiro atoms. The largest absolute Gasteiger partial charge is 0.493 e. The minimum absolute atomic E-state index is 0.0366. The smallest absolute Gasteiger partial charge is 0.417 e. The predicted octanol–water partition coefficient (Wildman–Crippen LogP) is 5.80. The van der Waals surface area contributed by atoms with Crippen molar-refractivity contribution in [3.63, 3.8) is 0 Å². The first-order valence-corrected chi connectivity index (χ1v) is 13.5. The molecule has 3 atom stereocenters. The van der Waals surface area contributed by atoms with Crippen LogP contribution in [0.25, 0.3) is 11.1 Å². The Morgan fingerprint density at radius 1 is 1.15 bits per heavy atom. The molecular weight excluding hydrogens is 542 g/mol. The minimum Gasteiger partial charge on any atom is -0.493 e. The summed E-state index contributed by atoms with van der Waals surface area (Å²) in [4.78, 5) is 16.1. The quantitative estimate of drug-likeness (QED) is 0.327. The van der Waals surface area contributed by atoms with Crippen LogP contribution in [-0.4, -0.2) is 41.3 Å². The highest BCUT2D eigenvalue weighted by Crippen LogP contribution is 2.61. The van der Waals surface area contributed by atoms with Crippen molar-refractivity contribution in [1.82, 2.24) is 4.98 Å². The molecule has 3 aromatic rings. The molecule has 1 aromatic heterocycles. The fourth-order valence-corrected chi connectivity index (χ4v) is 6.11. The number of benzene rings is 2. The molecular formula is C31H29F4NO5. The highest BCUT2D eigenvalue weighted by Gasteiger charge is 2.58. The number of aromatic nitrogens is 1. The van der Waals surface area contributed by atoms with Crippen molar-refractivity contribution >= 4 is 5.78 Å². The van der Waals surface area contributed by atoms with Crippen LogP contribution in [0.3, 0.4) is 0 Å². The van der Waals surface area contributed by atoms with E-state index in [4.69, 9.17) is 14.2 Å². The Kier molecular flexibility index (Phi) is 6.81. The number of carbonyl (C=O) groups is 1. The SMILES string of the molecule is CC(=O)[C@H]1[C@@H]2Cc3cc(OCc4cc(-c5ccc(OCCC6(O)COC6)cc5C)c(C(F)(F)F)cc4F)ncc3[C@@H]21. The fraction of sp³-hybridized carbons (Fsp3) is 0.419. The van der Waals surface area contributed by atoms with Crippen LogP contribution in [0.15, 0.2) is 42.6 Å². The van der Waals surface area contributed by atoms with Gasteiger partial charge in [0.05, 0.1) is 25.4 Å². The summed E-state index contributed by atoms with van der Waals surface area (Å²) in [5.41, 5.74) is 0.664. The summed E-state index contributed by atoms with van der Waals surface area (Å²) in [6, 6.07) is 8.13. The molecule has 1 saturated heterocycles. The lowest BCUT2D eigenvalue weighted by Crippen LogP contribution is -2.50. The Morgan fingerprint density at radius 2 is 1.93 bits per heavy atom. The number of ether oxygens (including phenoxy) is 3. The molecule has 41 heavy (non-hydrogen) atoms. The summed E-state index contributed by atoms with van der Waals surface area (Å²) in [6.45, 7) is 3.67. The molecule has 2 heterocycles. The van der Waals surface area contributed by atoms with Crippen molar-refractivity contribution < 1.29 is 41.7 Å². The second-order valence-electron chi connectivity index (χ2n) is 11.3. The van der Waals surface area contributed by atoms with Gasteiger partial charge in [0.25, 0.3) is 0 Å². The summed E-state index contributed by atoms with van der Waals surface area (Å²) >= 11 is 0. The molecule has 1 aliphatic heterocycles. The molecule has 0 unspecified atom stereocenters. The first-order valence-electron chi connectivity index (χ1n) is 13.5. The van der Waals surface area contributed by atoms with Gasteiger partial charge in [-0.3, -0.25) is 4.79 Å². The molecule has 0 amide bonds. The Bertz CT molecular complexity index is 1520. The lowest BCUT2D eigenvalue weighted by Gasteiger charge is -2.36. The molecule has 1 N–H and O–H groups in total. The maximum atomic E-state index is 14.9. The van der Waals surface area contributed by atoms with Crippen molar-refractivity contribution in [1.29, 1.82) is 0 Å². The Balaban J connectivity index is 1.20. The van der Waals surface area contributed by atoms with Crippen molar-refractivity contribution in [2.45, 2.75) is 51.0 Å². The van der Waals surface area contributed by atoms with Gasteiger partial charge in [-0.25, -0.2) is 9.37 Å². The molecule has 2 aliphatic carbocycles. The van der Waals surface area contributed by atoms with Crippen LogP contribution in [-0.2, 0) is 28.7 Å². The number of carbonyl (C=O) groups excluding carboxylic acids is 1. The Hall–Kier alpha value is -3.50. The minimum atomic E-state index is -4.78. The normalized spacial score (nSPS) is 22.0. The average molecular weight is 572 g/mol. The number of pyridine rings is 1. The van der Waals surface area contributed by atoms with E-state index >= 15 is 0 Å². The van der Waals surface area contributed by atoms with Crippen LogP contribution in [0.1, 0.15) is 47.1 Å². The van der Waals surface area contributed by atoms with E-state index in [9.17, 15) is 27.5 Å². The van der Waals surface area contributed by atoms with E-state index in [2.05, 4.69) is 4.98 Å². The third kappa shape index (κ3) is 5.30. The van der Waals surface area contributed by atoms with E-state index in [1.807, 2.05) is 0 Å². The number of Topliss-reactive ketones (excluding diaryl/α,β-unsaturated/α-hetero) is 1. The summed E-state index contributed by atoms with van der Waals surface area (Å²) in [5, 5.41) is 10.1. The van der Waals surface area contributed by atoms with Crippen molar-refractivity contribution in [3.8, 4) is 22.8 Å². The van der Waals surface area contributed by atoms with Gasteiger partial charge < -0.3 is 19.3 Å². The molecule has 6 rings (SSSR count). The maximum absolute atomic E-state index is 14.9. The second-order valence-corrected chi connectivity index (χ2v) is 11.3. The number of aliphatic hydroxyl groups is 1. The van der Waals surface area contributed by atoms with Gasteiger partial charge in [-0.2, -0.15) is 13.2 Å². The zero-order valence-electron chi connectivity index (χ0n) is 22.6. The number of rotatable bonds is 9. The van der Waals surface area contributed by atoms with Gasteiger partial charge in [0.2, 0.25) is 5.88 Å². The summed E-state index contributed by atoms with van der Waals surface area (Å²) < 4.78 is 73.3. The zero-order chi connectivity index (χ0) is 29.1. The number of alkyl halides is 3. The standard InChI is InChI=1S/C31H29F4NO5/c1-16-7-20(40-6-5-30(38)14-39-15-30)3-4-21(16)22-9-19(26(32)11-25(22)31(33,34)35)13-41-27-10-18-8-23-28(17(2)37)29(23)24(18)12-36-27/h3-4,7,9-12,23,28-29,38H,5-6,8,13-15H2,1-2H3/t23-,28-,29+/m0/s1. The van der Waals surface area contributed by atoms with Gasteiger partial charge >= 0.3 is 6.18 Å². The molecule has 0 radical (unpaired) electrons. The molecule has 2 fully saturated rings. The number of hydrogen-bond donors (Lipinski definition) is 1.